The summed E-state index contributed by atoms with van der Waals surface area (Å²) in [5.74, 6) is -0.00400. The molecule has 0 saturated carbocycles. The van der Waals surface area contributed by atoms with Crippen LogP contribution in [0.4, 0.5) is 0 Å². The van der Waals surface area contributed by atoms with Gasteiger partial charge in [0.2, 0.25) is 0 Å². The third-order valence-electron chi connectivity index (χ3n) is 2.75. The molecule has 0 aliphatic heterocycles. The van der Waals surface area contributed by atoms with Crippen LogP contribution in [-0.4, -0.2) is 10.8 Å². The monoisotopic (exact) mass is 297 g/mol. The first-order valence-electron chi connectivity index (χ1n) is 6.08. The van der Waals surface area contributed by atoms with E-state index in [2.05, 4.69) is 10.4 Å². The molecule has 0 atom stereocenters. The van der Waals surface area contributed by atoms with E-state index in [1.165, 1.54) is 0 Å². The number of allylic oxidation sites excluding steroid dienone is 1. The van der Waals surface area contributed by atoms with Gasteiger partial charge in [-0.3, -0.25) is 4.79 Å². The van der Waals surface area contributed by atoms with Crippen LogP contribution in [0.2, 0.25) is 0 Å². The molecule has 98 valence electrons. The molecule has 3 rings (SSSR count). The standard InChI is InChI=1S/C16H11NOS2/c18-15(12-4-2-1-3-5-12)7-6-14-11-20-16(17-14)13-8-9-19-10-13/h1-11H/b7-6+. The highest BCUT2D eigenvalue weighted by molar-refractivity contribution is 7.14. The van der Waals surface area contributed by atoms with E-state index in [-0.39, 0.29) is 5.78 Å². The molecular formula is C16H11NOS2. The van der Waals surface area contributed by atoms with E-state index < -0.39 is 0 Å². The van der Waals surface area contributed by atoms with Crippen LogP contribution in [-0.2, 0) is 0 Å². The summed E-state index contributed by atoms with van der Waals surface area (Å²) in [5, 5.41) is 7.05. The molecule has 1 aromatic carbocycles. The Labute approximate surface area is 125 Å². The van der Waals surface area contributed by atoms with Crippen molar-refractivity contribution in [1.82, 2.24) is 4.98 Å². The minimum absolute atomic E-state index is 0.00400. The second-order valence-corrected chi connectivity index (χ2v) is 5.79. The average Bonchev–Trinajstić information content (AvgIpc) is 3.16. The van der Waals surface area contributed by atoms with Gasteiger partial charge in [0, 0.05) is 21.9 Å². The van der Waals surface area contributed by atoms with Crippen LogP contribution >= 0.6 is 22.7 Å². The van der Waals surface area contributed by atoms with E-state index in [0.29, 0.717) is 5.56 Å². The zero-order chi connectivity index (χ0) is 13.8. The number of carbonyl (C=O) groups is 1. The first kappa shape index (κ1) is 13.0. The normalized spacial score (nSPS) is 11.0. The summed E-state index contributed by atoms with van der Waals surface area (Å²) in [6, 6.07) is 11.3. The molecule has 0 aliphatic rings. The van der Waals surface area contributed by atoms with Gasteiger partial charge >= 0.3 is 0 Å². The Bertz CT molecular complexity index is 727. The quantitative estimate of drug-likeness (QED) is 0.513. The van der Waals surface area contributed by atoms with Gasteiger partial charge in [-0.15, -0.1) is 11.3 Å². The Morgan fingerprint density at radius 3 is 2.70 bits per heavy atom. The van der Waals surface area contributed by atoms with E-state index in [1.54, 1.807) is 34.8 Å². The van der Waals surface area contributed by atoms with Gasteiger partial charge in [0.1, 0.15) is 5.01 Å². The second kappa shape index (κ2) is 5.94. The number of carbonyl (C=O) groups excluding carboxylic acids is 1. The lowest BCUT2D eigenvalue weighted by molar-refractivity contribution is 0.104. The van der Waals surface area contributed by atoms with Crippen molar-refractivity contribution < 1.29 is 4.79 Å². The summed E-state index contributed by atoms with van der Waals surface area (Å²) < 4.78 is 0. The lowest BCUT2D eigenvalue weighted by Gasteiger charge is -1.93. The van der Waals surface area contributed by atoms with Gasteiger partial charge in [-0.2, -0.15) is 11.3 Å². The van der Waals surface area contributed by atoms with Crippen LogP contribution in [0.25, 0.3) is 16.6 Å². The smallest absolute Gasteiger partial charge is 0.185 e. The molecule has 0 spiro atoms. The predicted octanol–water partition coefficient (Wildman–Crippen LogP) is 4.77. The van der Waals surface area contributed by atoms with Crippen molar-refractivity contribution in [2.24, 2.45) is 0 Å². The maximum absolute atomic E-state index is 11.9. The van der Waals surface area contributed by atoms with Gasteiger partial charge in [0.15, 0.2) is 5.78 Å². The molecule has 2 aromatic heterocycles. The Hall–Kier alpha value is -2.04. The van der Waals surface area contributed by atoms with Crippen molar-refractivity contribution in [3.05, 3.63) is 69.9 Å². The summed E-state index contributed by atoms with van der Waals surface area (Å²) in [6.07, 6.45) is 3.34. The summed E-state index contributed by atoms with van der Waals surface area (Å²) >= 11 is 3.24. The molecule has 0 unspecified atom stereocenters. The largest absolute Gasteiger partial charge is 0.289 e. The zero-order valence-electron chi connectivity index (χ0n) is 10.5. The molecule has 0 N–H and O–H groups in total. The Morgan fingerprint density at radius 2 is 1.95 bits per heavy atom. The Morgan fingerprint density at radius 1 is 1.10 bits per heavy atom. The Balaban J connectivity index is 1.75. The summed E-state index contributed by atoms with van der Waals surface area (Å²) in [6.45, 7) is 0. The minimum atomic E-state index is -0.00400. The van der Waals surface area contributed by atoms with Gasteiger partial charge in [-0.05, 0) is 23.6 Å². The molecule has 0 saturated heterocycles. The van der Waals surface area contributed by atoms with Gasteiger partial charge < -0.3 is 0 Å². The van der Waals surface area contributed by atoms with E-state index in [1.807, 2.05) is 47.2 Å². The fourth-order valence-electron chi connectivity index (χ4n) is 1.74. The molecule has 0 amide bonds. The molecule has 0 radical (unpaired) electrons. The molecule has 0 fully saturated rings. The zero-order valence-corrected chi connectivity index (χ0v) is 12.2. The van der Waals surface area contributed by atoms with Crippen LogP contribution in [0, 0.1) is 0 Å². The molecule has 0 bridgehead atoms. The lowest BCUT2D eigenvalue weighted by Crippen LogP contribution is -1.92. The lowest BCUT2D eigenvalue weighted by atomic mass is 10.1. The molecule has 0 aliphatic carbocycles. The van der Waals surface area contributed by atoms with Crippen LogP contribution in [0.3, 0.4) is 0 Å². The molecule has 2 nitrogen and oxygen atoms in total. The van der Waals surface area contributed by atoms with Gasteiger partial charge in [0.05, 0.1) is 5.69 Å². The summed E-state index contributed by atoms with van der Waals surface area (Å²) in [4.78, 5) is 16.4. The van der Waals surface area contributed by atoms with Crippen molar-refractivity contribution in [3.8, 4) is 10.6 Å². The topological polar surface area (TPSA) is 30.0 Å². The van der Waals surface area contributed by atoms with Crippen LogP contribution in [0.1, 0.15) is 16.1 Å². The maximum atomic E-state index is 11.9. The molecule has 20 heavy (non-hydrogen) atoms. The highest BCUT2D eigenvalue weighted by Gasteiger charge is 2.04. The van der Waals surface area contributed by atoms with Crippen molar-refractivity contribution in [2.45, 2.75) is 0 Å². The maximum Gasteiger partial charge on any atom is 0.185 e. The predicted molar refractivity (Wildman–Crippen MR) is 85.2 cm³/mol. The van der Waals surface area contributed by atoms with Crippen LogP contribution in [0.5, 0.6) is 0 Å². The molecule has 3 aromatic rings. The number of aromatic nitrogens is 1. The van der Waals surface area contributed by atoms with Crippen molar-refractivity contribution in [2.75, 3.05) is 0 Å². The average molecular weight is 297 g/mol. The number of nitrogens with zero attached hydrogens (tertiary/aromatic N) is 1. The van der Waals surface area contributed by atoms with Gasteiger partial charge in [-0.1, -0.05) is 30.3 Å². The molecule has 2 heterocycles. The van der Waals surface area contributed by atoms with Crippen molar-refractivity contribution in [1.29, 1.82) is 0 Å². The third-order valence-corrected chi connectivity index (χ3v) is 4.35. The minimum Gasteiger partial charge on any atom is -0.289 e. The SMILES string of the molecule is O=C(/C=C/c1csc(-c2ccsc2)n1)c1ccccc1. The van der Waals surface area contributed by atoms with Gasteiger partial charge in [0.25, 0.3) is 0 Å². The van der Waals surface area contributed by atoms with E-state index in [4.69, 9.17) is 0 Å². The van der Waals surface area contributed by atoms with E-state index in [0.717, 1.165) is 16.3 Å². The third kappa shape index (κ3) is 2.92. The van der Waals surface area contributed by atoms with Crippen LogP contribution in [0.15, 0.2) is 58.6 Å². The molecule has 4 heteroatoms. The number of hydrogen-bond acceptors (Lipinski definition) is 4. The number of thiazole rings is 1. The number of ketones is 1. The summed E-state index contributed by atoms with van der Waals surface area (Å²) in [7, 11) is 0. The molecular weight excluding hydrogens is 286 g/mol. The number of benzene rings is 1. The highest BCUT2D eigenvalue weighted by Crippen LogP contribution is 2.26. The van der Waals surface area contributed by atoms with Gasteiger partial charge in [-0.25, -0.2) is 4.98 Å². The fourth-order valence-corrected chi connectivity index (χ4v) is 3.24. The Kier molecular flexibility index (Phi) is 3.85. The first-order chi connectivity index (χ1) is 9.83. The highest BCUT2D eigenvalue weighted by atomic mass is 32.1. The van der Waals surface area contributed by atoms with Crippen molar-refractivity contribution >= 4 is 34.5 Å². The van der Waals surface area contributed by atoms with Crippen LogP contribution < -0.4 is 0 Å². The number of thiophene rings is 1. The number of hydrogen-bond donors (Lipinski definition) is 0. The summed E-state index contributed by atoms with van der Waals surface area (Å²) in [5.41, 5.74) is 2.64. The first-order valence-corrected chi connectivity index (χ1v) is 7.91. The van der Waals surface area contributed by atoms with E-state index >= 15 is 0 Å². The second-order valence-electron chi connectivity index (χ2n) is 4.15. The fraction of sp³-hybridized carbons (Fsp3) is 0. The van der Waals surface area contributed by atoms with Crippen molar-refractivity contribution in [3.63, 3.8) is 0 Å². The van der Waals surface area contributed by atoms with E-state index in [9.17, 15) is 4.79 Å². The number of rotatable bonds is 4.